The molecule has 122 valence electrons. The number of rotatable bonds is 6. The van der Waals surface area contributed by atoms with E-state index in [2.05, 4.69) is 21.2 Å². The van der Waals surface area contributed by atoms with E-state index < -0.39 is 15.7 Å². The molecule has 0 heterocycles. The fraction of sp³-hybridized carbons (Fsp3) is 0.188. The SMILES string of the molecule is O=C(CCCS(=O)(=O)c1ccc(F)cc1)Nc1ccc(Br)cc1. The molecule has 0 fully saturated rings. The molecule has 0 saturated carbocycles. The van der Waals surface area contributed by atoms with Crippen molar-refractivity contribution >= 4 is 37.4 Å². The molecule has 0 aliphatic rings. The maximum Gasteiger partial charge on any atom is 0.224 e. The van der Waals surface area contributed by atoms with Gasteiger partial charge in [0.2, 0.25) is 5.91 Å². The topological polar surface area (TPSA) is 63.2 Å². The highest BCUT2D eigenvalue weighted by molar-refractivity contribution is 9.10. The van der Waals surface area contributed by atoms with Crippen LogP contribution in [0.25, 0.3) is 0 Å². The number of hydrogen-bond acceptors (Lipinski definition) is 3. The van der Waals surface area contributed by atoms with Crippen LogP contribution < -0.4 is 5.32 Å². The van der Waals surface area contributed by atoms with Crippen LogP contribution in [-0.4, -0.2) is 20.1 Å². The molecular weight excluding hydrogens is 385 g/mol. The number of halogens is 2. The van der Waals surface area contributed by atoms with E-state index in [1.165, 1.54) is 12.1 Å². The Hall–Kier alpha value is -1.73. The lowest BCUT2D eigenvalue weighted by Crippen LogP contribution is -2.14. The van der Waals surface area contributed by atoms with E-state index in [-0.39, 0.29) is 29.4 Å². The number of amides is 1. The summed E-state index contributed by atoms with van der Waals surface area (Å²) >= 11 is 3.30. The summed E-state index contributed by atoms with van der Waals surface area (Å²) in [5, 5.41) is 2.70. The van der Waals surface area contributed by atoms with E-state index in [9.17, 15) is 17.6 Å². The number of benzene rings is 2. The molecule has 4 nitrogen and oxygen atoms in total. The van der Waals surface area contributed by atoms with Crippen LogP contribution in [0.1, 0.15) is 12.8 Å². The molecule has 0 unspecified atom stereocenters. The second-order valence-corrected chi connectivity index (χ2v) is 7.96. The van der Waals surface area contributed by atoms with Gasteiger partial charge in [0.1, 0.15) is 5.82 Å². The molecule has 1 N–H and O–H groups in total. The van der Waals surface area contributed by atoms with Crippen molar-refractivity contribution < 1.29 is 17.6 Å². The van der Waals surface area contributed by atoms with Crippen molar-refractivity contribution in [2.75, 3.05) is 11.1 Å². The van der Waals surface area contributed by atoms with Gasteiger partial charge in [0.25, 0.3) is 0 Å². The Kier molecular flexibility index (Phi) is 5.90. The summed E-state index contributed by atoms with van der Waals surface area (Å²) < 4.78 is 37.8. The lowest BCUT2D eigenvalue weighted by atomic mass is 10.3. The molecule has 0 bridgehead atoms. The minimum absolute atomic E-state index is 0.0622. The Balaban J connectivity index is 1.85. The summed E-state index contributed by atoms with van der Waals surface area (Å²) in [5.74, 6) is -0.897. The number of carbonyl (C=O) groups excluding carboxylic acids is 1. The molecule has 0 atom stereocenters. The van der Waals surface area contributed by atoms with Crippen LogP contribution in [0.3, 0.4) is 0 Å². The molecule has 0 spiro atoms. The largest absolute Gasteiger partial charge is 0.326 e. The van der Waals surface area contributed by atoms with E-state index in [1.807, 2.05) is 0 Å². The third-order valence-electron chi connectivity index (χ3n) is 3.12. The Morgan fingerprint density at radius 1 is 1.04 bits per heavy atom. The number of hydrogen-bond donors (Lipinski definition) is 1. The Bertz CT molecular complexity index is 774. The smallest absolute Gasteiger partial charge is 0.224 e. The Morgan fingerprint density at radius 2 is 1.65 bits per heavy atom. The van der Waals surface area contributed by atoms with E-state index in [1.54, 1.807) is 24.3 Å². The van der Waals surface area contributed by atoms with E-state index in [4.69, 9.17) is 0 Å². The van der Waals surface area contributed by atoms with E-state index >= 15 is 0 Å². The van der Waals surface area contributed by atoms with Gasteiger partial charge in [0, 0.05) is 16.6 Å². The van der Waals surface area contributed by atoms with Gasteiger partial charge in [0.05, 0.1) is 10.6 Å². The van der Waals surface area contributed by atoms with Crippen LogP contribution in [-0.2, 0) is 14.6 Å². The van der Waals surface area contributed by atoms with Gasteiger partial charge < -0.3 is 5.32 Å². The quantitative estimate of drug-likeness (QED) is 0.751. The van der Waals surface area contributed by atoms with Crippen LogP contribution in [0.2, 0.25) is 0 Å². The first kappa shape index (κ1) is 17.6. The molecule has 0 saturated heterocycles. The molecule has 2 aromatic carbocycles. The zero-order valence-electron chi connectivity index (χ0n) is 12.1. The highest BCUT2D eigenvalue weighted by Crippen LogP contribution is 2.16. The summed E-state index contributed by atoms with van der Waals surface area (Å²) in [6, 6.07) is 11.8. The molecule has 2 aromatic rings. The van der Waals surface area contributed by atoms with Crippen molar-refractivity contribution in [3.8, 4) is 0 Å². The first-order valence-electron chi connectivity index (χ1n) is 6.90. The second-order valence-electron chi connectivity index (χ2n) is 4.93. The minimum atomic E-state index is -3.50. The van der Waals surface area contributed by atoms with Crippen molar-refractivity contribution in [2.24, 2.45) is 0 Å². The van der Waals surface area contributed by atoms with Crippen molar-refractivity contribution in [1.82, 2.24) is 0 Å². The minimum Gasteiger partial charge on any atom is -0.326 e. The highest BCUT2D eigenvalue weighted by Gasteiger charge is 2.15. The maximum atomic E-state index is 12.8. The van der Waals surface area contributed by atoms with Crippen LogP contribution in [0.5, 0.6) is 0 Å². The second kappa shape index (κ2) is 7.70. The highest BCUT2D eigenvalue weighted by atomic mass is 79.9. The predicted octanol–water partition coefficient (Wildman–Crippen LogP) is 3.78. The number of nitrogens with one attached hydrogen (secondary N) is 1. The van der Waals surface area contributed by atoms with Gasteiger partial charge in [-0.1, -0.05) is 15.9 Å². The first-order valence-corrected chi connectivity index (χ1v) is 9.35. The fourth-order valence-electron chi connectivity index (χ4n) is 1.94. The molecule has 23 heavy (non-hydrogen) atoms. The maximum absolute atomic E-state index is 12.8. The Morgan fingerprint density at radius 3 is 2.26 bits per heavy atom. The zero-order chi connectivity index (χ0) is 16.9. The monoisotopic (exact) mass is 399 g/mol. The van der Waals surface area contributed by atoms with Crippen molar-refractivity contribution in [3.05, 3.63) is 58.8 Å². The average molecular weight is 400 g/mol. The lowest BCUT2D eigenvalue weighted by molar-refractivity contribution is -0.116. The summed E-state index contributed by atoms with van der Waals surface area (Å²) in [7, 11) is -3.50. The predicted molar refractivity (Wildman–Crippen MR) is 90.5 cm³/mol. The molecule has 0 aromatic heterocycles. The molecule has 1 amide bonds. The van der Waals surface area contributed by atoms with Gasteiger partial charge in [0.15, 0.2) is 9.84 Å². The summed E-state index contributed by atoms with van der Waals surface area (Å²) in [6.45, 7) is 0. The molecule has 7 heteroatoms. The molecule has 2 rings (SSSR count). The van der Waals surface area contributed by atoms with Gasteiger partial charge >= 0.3 is 0 Å². The van der Waals surface area contributed by atoms with Crippen LogP contribution in [0.15, 0.2) is 57.9 Å². The molecular formula is C16H15BrFNO3S. The van der Waals surface area contributed by atoms with Crippen LogP contribution in [0.4, 0.5) is 10.1 Å². The third-order valence-corrected chi connectivity index (χ3v) is 5.46. The van der Waals surface area contributed by atoms with Gasteiger partial charge in [-0.3, -0.25) is 4.79 Å². The zero-order valence-corrected chi connectivity index (χ0v) is 14.5. The first-order chi connectivity index (χ1) is 10.9. The van der Waals surface area contributed by atoms with E-state index in [0.29, 0.717) is 5.69 Å². The standard InChI is InChI=1S/C16H15BrFNO3S/c17-12-3-7-14(8-4-12)19-16(20)2-1-11-23(21,22)15-9-5-13(18)6-10-15/h3-10H,1-2,11H2,(H,19,20). The van der Waals surface area contributed by atoms with E-state index in [0.717, 1.165) is 16.6 Å². The number of sulfone groups is 1. The van der Waals surface area contributed by atoms with Gasteiger partial charge in [-0.05, 0) is 55.0 Å². The number of carbonyl (C=O) groups is 1. The molecule has 0 radical (unpaired) electrons. The summed E-state index contributed by atoms with van der Waals surface area (Å²) in [5.41, 5.74) is 0.652. The normalized spacial score (nSPS) is 11.2. The van der Waals surface area contributed by atoms with Crippen molar-refractivity contribution in [1.29, 1.82) is 0 Å². The van der Waals surface area contributed by atoms with Crippen molar-refractivity contribution in [2.45, 2.75) is 17.7 Å². The van der Waals surface area contributed by atoms with Gasteiger partial charge in [-0.2, -0.15) is 0 Å². The lowest BCUT2D eigenvalue weighted by Gasteiger charge is -2.06. The Labute approximate surface area is 142 Å². The molecule has 0 aliphatic carbocycles. The van der Waals surface area contributed by atoms with Crippen LogP contribution in [0, 0.1) is 5.82 Å². The van der Waals surface area contributed by atoms with Gasteiger partial charge in [-0.15, -0.1) is 0 Å². The van der Waals surface area contributed by atoms with Crippen molar-refractivity contribution in [3.63, 3.8) is 0 Å². The summed E-state index contributed by atoms with van der Waals surface area (Å²) in [6.07, 6.45) is 0.290. The third kappa shape index (κ3) is 5.44. The molecule has 0 aliphatic heterocycles. The van der Waals surface area contributed by atoms with Gasteiger partial charge in [-0.25, -0.2) is 12.8 Å². The average Bonchev–Trinajstić information content (AvgIpc) is 2.50. The fourth-order valence-corrected chi connectivity index (χ4v) is 3.51. The number of anilines is 1. The van der Waals surface area contributed by atoms with Crippen LogP contribution >= 0.6 is 15.9 Å². The summed E-state index contributed by atoms with van der Waals surface area (Å²) in [4.78, 5) is 11.9.